The van der Waals surface area contributed by atoms with Crippen molar-refractivity contribution < 1.29 is 9.47 Å². The lowest BCUT2D eigenvalue weighted by Gasteiger charge is -2.21. The molecule has 3 aromatic rings. The molecule has 1 atom stereocenters. The van der Waals surface area contributed by atoms with Gasteiger partial charge >= 0.3 is 0 Å². The number of anilines is 1. The summed E-state index contributed by atoms with van der Waals surface area (Å²) in [4.78, 5) is 12.0. The Hall–Kier alpha value is -2.34. The van der Waals surface area contributed by atoms with Gasteiger partial charge in [-0.1, -0.05) is 6.07 Å². The molecule has 5 nitrogen and oxygen atoms in total. The largest absolute Gasteiger partial charge is 0.486 e. The van der Waals surface area contributed by atoms with Gasteiger partial charge in [0.15, 0.2) is 11.5 Å². The first-order valence-corrected chi connectivity index (χ1v) is 9.95. The molecule has 0 amide bonds. The summed E-state index contributed by atoms with van der Waals surface area (Å²) in [5.41, 5.74) is 2.60. The van der Waals surface area contributed by atoms with Crippen LogP contribution in [0.1, 0.15) is 41.2 Å². The van der Waals surface area contributed by atoms with Gasteiger partial charge in [0.1, 0.15) is 29.7 Å². The van der Waals surface area contributed by atoms with Gasteiger partial charge in [-0.25, -0.2) is 9.97 Å². The number of hydrogen-bond donors (Lipinski definition) is 1. The Morgan fingerprint density at radius 3 is 2.85 bits per heavy atom. The van der Waals surface area contributed by atoms with Crippen LogP contribution in [0.5, 0.6) is 11.5 Å². The standard InChI is InChI=1S/C20H21N3O2S/c1-11(13-6-7-15-16(10-13)25-9-8-24-15)21-19-18-14-4-3-5-17(14)26-20(18)23-12(2)22-19/h6-7,10-11H,3-5,8-9H2,1-2H3,(H,21,22,23)/t11-/m1/s1. The van der Waals surface area contributed by atoms with E-state index in [0.29, 0.717) is 13.2 Å². The molecule has 26 heavy (non-hydrogen) atoms. The van der Waals surface area contributed by atoms with Crippen LogP contribution in [-0.2, 0) is 12.8 Å². The molecule has 1 aliphatic heterocycles. The number of aryl methyl sites for hydroxylation is 3. The van der Waals surface area contributed by atoms with Gasteiger partial charge in [-0.15, -0.1) is 11.3 Å². The van der Waals surface area contributed by atoms with Crippen LogP contribution in [0.15, 0.2) is 18.2 Å². The molecule has 2 aliphatic rings. The maximum Gasteiger partial charge on any atom is 0.161 e. The third-order valence-electron chi connectivity index (χ3n) is 5.10. The second-order valence-corrected chi connectivity index (χ2v) is 8.01. The minimum absolute atomic E-state index is 0.111. The zero-order chi connectivity index (χ0) is 17.7. The first-order valence-electron chi connectivity index (χ1n) is 9.14. The van der Waals surface area contributed by atoms with Crippen molar-refractivity contribution in [3.05, 3.63) is 40.0 Å². The lowest BCUT2D eigenvalue weighted by molar-refractivity contribution is 0.171. The highest BCUT2D eigenvalue weighted by molar-refractivity contribution is 7.19. The molecular formula is C20H21N3O2S. The van der Waals surface area contributed by atoms with E-state index in [4.69, 9.17) is 14.5 Å². The molecule has 134 valence electrons. The van der Waals surface area contributed by atoms with Crippen molar-refractivity contribution in [2.45, 2.75) is 39.2 Å². The van der Waals surface area contributed by atoms with Gasteiger partial charge in [-0.2, -0.15) is 0 Å². The topological polar surface area (TPSA) is 56.3 Å². The highest BCUT2D eigenvalue weighted by Gasteiger charge is 2.23. The Bertz CT molecular complexity index is 998. The molecular weight excluding hydrogens is 346 g/mol. The number of fused-ring (bicyclic) bond motifs is 4. The predicted octanol–water partition coefficient (Wildman–Crippen LogP) is 4.43. The quantitative estimate of drug-likeness (QED) is 0.742. The molecule has 0 unspecified atom stereocenters. The van der Waals surface area contributed by atoms with E-state index in [9.17, 15) is 0 Å². The van der Waals surface area contributed by atoms with Crippen LogP contribution in [0.3, 0.4) is 0 Å². The summed E-state index contributed by atoms with van der Waals surface area (Å²) >= 11 is 1.83. The number of benzene rings is 1. The molecule has 0 fully saturated rings. The zero-order valence-electron chi connectivity index (χ0n) is 15.0. The minimum atomic E-state index is 0.111. The molecule has 0 saturated heterocycles. The van der Waals surface area contributed by atoms with E-state index in [-0.39, 0.29) is 6.04 Å². The van der Waals surface area contributed by atoms with Crippen molar-refractivity contribution in [1.29, 1.82) is 0 Å². The van der Waals surface area contributed by atoms with Crippen molar-refractivity contribution in [2.75, 3.05) is 18.5 Å². The molecule has 0 saturated carbocycles. The van der Waals surface area contributed by atoms with E-state index in [2.05, 4.69) is 29.4 Å². The molecule has 3 heterocycles. The van der Waals surface area contributed by atoms with E-state index in [1.165, 1.54) is 28.7 Å². The van der Waals surface area contributed by atoms with Crippen LogP contribution in [-0.4, -0.2) is 23.2 Å². The van der Waals surface area contributed by atoms with Gasteiger partial charge in [0.2, 0.25) is 0 Å². The summed E-state index contributed by atoms with van der Waals surface area (Å²) in [6.07, 6.45) is 3.55. The number of ether oxygens (including phenoxy) is 2. The average Bonchev–Trinajstić information content (AvgIpc) is 3.21. The minimum Gasteiger partial charge on any atom is -0.486 e. The highest BCUT2D eigenvalue weighted by Crippen LogP contribution is 2.40. The Morgan fingerprint density at radius 2 is 1.96 bits per heavy atom. The molecule has 2 aromatic heterocycles. The average molecular weight is 367 g/mol. The normalized spacial score (nSPS) is 16.5. The van der Waals surface area contributed by atoms with Crippen molar-refractivity contribution in [1.82, 2.24) is 9.97 Å². The van der Waals surface area contributed by atoms with Gasteiger partial charge in [0.05, 0.1) is 11.4 Å². The molecule has 1 aliphatic carbocycles. The fourth-order valence-corrected chi connectivity index (χ4v) is 5.13. The summed E-state index contributed by atoms with van der Waals surface area (Å²) in [6, 6.07) is 6.26. The van der Waals surface area contributed by atoms with Crippen LogP contribution in [0.4, 0.5) is 5.82 Å². The second-order valence-electron chi connectivity index (χ2n) is 6.93. The Morgan fingerprint density at radius 1 is 1.12 bits per heavy atom. The number of nitrogens with zero attached hydrogens (tertiary/aromatic N) is 2. The number of rotatable bonds is 3. The Kier molecular flexibility index (Phi) is 3.74. The molecule has 0 bridgehead atoms. The zero-order valence-corrected chi connectivity index (χ0v) is 15.8. The summed E-state index contributed by atoms with van der Waals surface area (Å²) in [5.74, 6) is 3.41. The maximum atomic E-state index is 5.73. The molecule has 0 spiro atoms. The third kappa shape index (κ3) is 2.60. The van der Waals surface area contributed by atoms with Gasteiger partial charge in [0, 0.05) is 4.88 Å². The fourth-order valence-electron chi connectivity index (χ4n) is 3.82. The first-order chi connectivity index (χ1) is 12.7. The van der Waals surface area contributed by atoms with Gasteiger partial charge in [0.25, 0.3) is 0 Å². The molecule has 6 heteroatoms. The van der Waals surface area contributed by atoms with E-state index in [0.717, 1.165) is 40.0 Å². The van der Waals surface area contributed by atoms with Gasteiger partial charge in [-0.3, -0.25) is 0 Å². The van der Waals surface area contributed by atoms with Crippen molar-refractivity contribution in [3.63, 3.8) is 0 Å². The number of thiophene rings is 1. The summed E-state index contributed by atoms with van der Waals surface area (Å²) in [6.45, 7) is 5.33. The van der Waals surface area contributed by atoms with E-state index >= 15 is 0 Å². The first kappa shape index (κ1) is 15.9. The van der Waals surface area contributed by atoms with Crippen LogP contribution < -0.4 is 14.8 Å². The van der Waals surface area contributed by atoms with Gasteiger partial charge < -0.3 is 14.8 Å². The van der Waals surface area contributed by atoms with Crippen molar-refractivity contribution in [2.24, 2.45) is 0 Å². The van der Waals surface area contributed by atoms with Gasteiger partial charge in [-0.05, 0) is 56.4 Å². The lowest BCUT2D eigenvalue weighted by Crippen LogP contribution is -2.16. The summed E-state index contributed by atoms with van der Waals surface area (Å²) < 4.78 is 11.4. The predicted molar refractivity (Wildman–Crippen MR) is 104 cm³/mol. The second kappa shape index (κ2) is 6.13. The highest BCUT2D eigenvalue weighted by atomic mass is 32.1. The molecule has 5 rings (SSSR count). The fraction of sp³-hybridized carbons (Fsp3) is 0.400. The van der Waals surface area contributed by atoms with E-state index in [1.54, 1.807) is 0 Å². The number of aromatic nitrogens is 2. The summed E-state index contributed by atoms with van der Waals surface area (Å²) in [7, 11) is 0. The maximum absolute atomic E-state index is 5.73. The van der Waals surface area contributed by atoms with Crippen LogP contribution in [0, 0.1) is 6.92 Å². The number of hydrogen-bond acceptors (Lipinski definition) is 6. The third-order valence-corrected chi connectivity index (χ3v) is 6.28. The lowest BCUT2D eigenvalue weighted by atomic mass is 10.1. The smallest absolute Gasteiger partial charge is 0.161 e. The van der Waals surface area contributed by atoms with Crippen molar-refractivity contribution in [3.8, 4) is 11.5 Å². The van der Waals surface area contributed by atoms with Crippen LogP contribution in [0.2, 0.25) is 0 Å². The molecule has 0 radical (unpaired) electrons. The monoisotopic (exact) mass is 367 g/mol. The summed E-state index contributed by atoms with van der Waals surface area (Å²) in [5, 5.41) is 4.84. The molecule has 1 N–H and O–H groups in total. The Labute approximate surface area is 156 Å². The van der Waals surface area contributed by atoms with E-state index < -0.39 is 0 Å². The van der Waals surface area contributed by atoms with Crippen LogP contribution >= 0.6 is 11.3 Å². The Balaban J connectivity index is 1.51. The number of nitrogens with one attached hydrogen (secondary N) is 1. The van der Waals surface area contributed by atoms with Crippen molar-refractivity contribution >= 4 is 27.4 Å². The molecule has 1 aromatic carbocycles. The van der Waals surface area contributed by atoms with E-state index in [1.807, 2.05) is 24.3 Å². The van der Waals surface area contributed by atoms with Crippen LogP contribution in [0.25, 0.3) is 10.2 Å². The SMILES string of the molecule is Cc1nc(N[C@H](C)c2ccc3c(c2)OCCO3)c2c3c(sc2n1)CCC3.